The average molecular weight is 204 g/mol. The Balaban J connectivity index is 2.21. The Morgan fingerprint density at radius 1 is 1.27 bits per heavy atom. The van der Waals surface area contributed by atoms with E-state index < -0.39 is 0 Å². The average Bonchev–Trinajstić information content (AvgIpc) is 2.64. The third-order valence-electron chi connectivity index (χ3n) is 2.63. The first kappa shape index (κ1) is 9.96. The van der Waals surface area contributed by atoms with Crippen molar-refractivity contribution in [3.8, 4) is 0 Å². The molecule has 0 saturated heterocycles. The number of rotatable bonds is 3. The molecule has 4 heteroatoms. The zero-order valence-corrected chi connectivity index (χ0v) is 9.31. The summed E-state index contributed by atoms with van der Waals surface area (Å²) in [4.78, 5) is 4.45. The summed E-state index contributed by atoms with van der Waals surface area (Å²) < 4.78 is 1.76. The lowest BCUT2D eigenvalue weighted by molar-refractivity contribution is 0.558. The Kier molecular flexibility index (Phi) is 2.58. The van der Waals surface area contributed by atoms with Gasteiger partial charge in [0.2, 0.25) is 0 Å². The Labute approximate surface area is 89.3 Å². The number of aromatic nitrogens is 3. The SMILES string of the molecule is CC(C)C(C)Nc1ccn2nccc2n1. The summed E-state index contributed by atoms with van der Waals surface area (Å²) in [5, 5.41) is 7.47. The van der Waals surface area contributed by atoms with Crippen molar-refractivity contribution < 1.29 is 0 Å². The van der Waals surface area contributed by atoms with E-state index in [1.54, 1.807) is 10.7 Å². The van der Waals surface area contributed by atoms with Crippen LogP contribution in [-0.4, -0.2) is 20.6 Å². The predicted molar refractivity (Wildman–Crippen MR) is 60.9 cm³/mol. The van der Waals surface area contributed by atoms with Crippen molar-refractivity contribution in [1.82, 2.24) is 14.6 Å². The molecule has 0 saturated carbocycles. The number of anilines is 1. The summed E-state index contributed by atoms with van der Waals surface area (Å²) in [6.07, 6.45) is 3.66. The van der Waals surface area contributed by atoms with Gasteiger partial charge in [0.15, 0.2) is 5.65 Å². The molecule has 2 aromatic heterocycles. The van der Waals surface area contributed by atoms with E-state index in [1.165, 1.54) is 0 Å². The van der Waals surface area contributed by atoms with Crippen LogP contribution in [0.25, 0.3) is 5.65 Å². The number of hydrogen-bond acceptors (Lipinski definition) is 3. The number of nitrogens with zero attached hydrogens (tertiary/aromatic N) is 3. The summed E-state index contributed by atoms with van der Waals surface area (Å²) >= 11 is 0. The molecule has 80 valence electrons. The lowest BCUT2D eigenvalue weighted by Gasteiger charge is -2.17. The van der Waals surface area contributed by atoms with Crippen LogP contribution < -0.4 is 5.32 Å². The van der Waals surface area contributed by atoms with Crippen LogP contribution in [0.5, 0.6) is 0 Å². The molecule has 0 radical (unpaired) electrons. The fourth-order valence-corrected chi connectivity index (χ4v) is 1.29. The van der Waals surface area contributed by atoms with Crippen molar-refractivity contribution in [2.24, 2.45) is 5.92 Å². The Hall–Kier alpha value is -1.58. The lowest BCUT2D eigenvalue weighted by Crippen LogP contribution is -2.22. The van der Waals surface area contributed by atoms with Gasteiger partial charge in [-0.05, 0) is 18.9 Å². The van der Waals surface area contributed by atoms with E-state index in [0.29, 0.717) is 12.0 Å². The minimum Gasteiger partial charge on any atom is -0.367 e. The normalized spacial score (nSPS) is 13.3. The van der Waals surface area contributed by atoms with Crippen LogP contribution in [0.1, 0.15) is 20.8 Å². The molecule has 1 N–H and O–H groups in total. The molecule has 2 aromatic rings. The van der Waals surface area contributed by atoms with Crippen molar-refractivity contribution in [2.75, 3.05) is 5.32 Å². The largest absolute Gasteiger partial charge is 0.367 e. The lowest BCUT2D eigenvalue weighted by atomic mass is 10.1. The van der Waals surface area contributed by atoms with E-state index in [2.05, 4.69) is 36.2 Å². The van der Waals surface area contributed by atoms with Crippen LogP contribution in [0, 0.1) is 5.92 Å². The molecule has 15 heavy (non-hydrogen) atoms. The topological polar surface area (TPSA) is 42.2 Å². The molecule has 4 nitrogen and oxygen atoms in total. The third-order valence-corrected chi connectivity index (χ3v) is 2.63. The van der Waals surface area contributed by atoms with Gasteiger partial charge in [0.25, 0.3) is 0 Å². The predicted octanol–water partition coefficient (Wildman–Crippen LogP) is 2.19. The van der Waals surface area contributed by atoms with Gasteiger partial charge in [-0.1, -0.05) is 13.8 Å². The van der Waals surface area contributed by atoms with Gasteiger partial charge in [-0.15, -0.1) is 0 Å². The van der Waals surface area contributed by atoms with Crippen LogP contribution in [-0.2, 0) is 0 Å². The monoisotopic (exact) mass is 204 g/mol. The molecule has 0 bridgehead atoms. The van der Waals surface area contributed by atoms with Crippen molar-refractivity contribution in [3.63, 3.8) is 0 Å². The molecule has 0 aliphatic carbocycles. The van der Waals surface area contributed by atoms with Crippen molar-refractivity contribution in [1.29, 1.82) is 0 Å². The maximum absolute atomic E-state index is 4.45. The first-order valence-corrected chi connectivity index (χ1v) is 5.24. The fourth-order valence-electron chi connectivity index (χ4n) is 1.29. The summed E-state index contributed by atoms with van der Waals surface area (Å²) in [6.45, 7) is 6.54. The molecule has 0 spiro atoms. The van der Waals surface area contributed by atoms with Crippen LogP contribution in [0.2, 0.25) is 0 Å². The van der Waals surface area contributed by atoms with Crippen LogP contribution >= 0.6 is 0 Å². The van der Waals surface area contributed by atoms with Gasteiger partial charge in [-0.25, -0.2) is 9.50 Å². The van der Waals surface area contributed by atoms with E-state index in [9.17, 15) is 0 Å². The smallest absolute Gasteiger partial charge is 0.157 e. The highest BCUT2D eigenvalue weighted by molar-refractivity contribution is 5.45. The van der Waals surface area contributed by atoms with Gasteiger partial charge in [-0.3, -0.25) is 0 Å². The second-order valence-corrected chi connectivity index (χ2v) is 4.12. The maximum Gasteiger partial charge on any atom is 0.157 e. The van der Waals surface area contributed by atoms with Crippen LogP contribution in [0.3, 0.4) is 0 Å². The Morgan fingerprint density at radius 3 is 2.80 bits per heavy atom. The van der Waals surface area contributed by atoms with Gasteiger partial charge >= 0.3 is 0 Å². The minimum absolute atomic E-state index is 0.419. The molecule has 2 rings (SSSR count). The molecule has 0 fully saturated rings. The van der Waals surface area contributed by atoms with Gasteiger partial charge in [0.05, 0.1) is 6.20 Å². The second-order valence-electron chi connectivity index (χ2n) is 4.12. The summed E-state index contributed by atoms with van der Waals surface area (Å²) in [7, 11) is 0. The van der Waals surface area contributed by atoms with Gasteiger partial charge < -0.3 is 5.32 Å². The zero-order chi connectivity index (χ0) is 10.8. The zero-order valence-electron chi connectivity index (χ0n) is 9.31. The minimum atomic E-state index is 0.419. The quantitative estimate of drug-likeness (QED) is 0.833. The molecule has 2 heterocycles. The molecular weight excluding hydrogens is 188 g/mol. The molecule has 0 amide bonds. The molecule has 0 aliphatic rings. The number of nitrogens with one attached hydrogen (secondary N) is 1. The Bertz CT molecular complexity index is 447. The highest BCUT2D eigenvalue weighted by Gasteiger charge is 2.07. The van der Waals surface area contributed by atoms with Crippen molar-refractivity contribution in [3.05, 3.63) is 24.5 Å². The fraction of sp³-hybridized carbons (Fsp3) is 0.455. The van der Waals surface area contributed by atoms with Gasteiger partial charge in [0, 0.05) is 18.3 Å². The van der Waals surface area contributed by atoms with Crippen molar-refractivity contribution >= 4 is 11.5 Å². The summed E-state index contributed by atoms with van der Waals surface area (Å²) in [6, 6.07) is 4.26. The second kappa shape index (κ2) is 3.88. The maximum atomic E-state index is 4.45. The molecule has 0 aliphatic heterocycles. The molecule has 0 aromatic carbocycles. The number of hydrogen-bond donors (Lipinski definition) is 1. The number of fused-ring (bicyclic) bond motifs is 1. The van der Waals surface area contributed by atoms with E-state index in [1.807, 2.05) is 18.3 Å². The molecule has 1 unspecified atom stereocenters. The summed E-state index contributed by atoms with van der Waals surface area (Å²) in [5.41, 5.74) is 0.871. The first-order valence-electron chi connectivity index (χ1n) is 5.24. The van der Waals surface area contributed by atoms with E-state index >= 15 is 0 Å². The van der Waals surface area contributed by atoms with Crippen LogP contribution in [0.15, 0.2) is 24.5 Å². The molecular formula is C11H16N4. The third kappa shape index (κ3) is 2.09. The highest BCUT2D eigenvalue weighted by Crippen LogP contribution is 2.10. The Morgan fingerprint density at radius 2 is 2.07 bits per heavy atom. The van der Waals surface area contributed by atoms with Gasteiger partial charge in [-0.2, -0.15) is 5.10 Å². The van der Waals surface area contributed by atoms with Gasteiger partial charge in [0.1, 0.15) is 5.82 Å². The first-order chi connectivity index (χ1) is 7.16. The summed E-state index contributed by atoms with van der Waals surface area (Å²) in [5.74, 6) is 1.50. The van der Waals surface area contributed by atoms with E-state index in [0.717, 1.165) is 11.5 Å². The standard InChI is InChI=1S/C11H16N4/c1-8(2)9(3)13-10-5-7-15-11(14-10)4-6-12-15/h4-9H,1-3H3,(H,13,14). The highest BCUT2D eigenvalue weighted by atomic mass is 15.2. The van der Waals surface area contributed by atoms with E-state index in [-0.39, 0.29) is 0 Å². The molecule has 1 atom stereocenters. The van der Waals surface area contributed by atoms with Crippen LogP contribution in [0.4, 0.5) is 5.82 Å². The van der Waals surface area contributed by atoms with Crippen molar-refractivity contribution in [2.45, 2.75) is 26.8 Å². The van der Waals surface area contributed by atoms with E-state index in [4.69, 9.17) is 0 Å².